The van der Waals surface area contributed by atoms with Crippen LogP contribution in [0, 0.1) is 0 Å². The molecule has 0 aliphatic rings. The summed E-state index contributed by atoms with van der Waals surface area (Å²) >= 11 is 3.27. The first kappa shape index (κ1) is 15.7. The molecule has 0 aliphatic carbocycles. The standard InChI is InChI=1S/C11H16BrNO3S2/c1-8(2)18(15,16)6-5-17(14)11-4-3-9(13)7-10(11)12/h3-4,7-8H,5-6,13H2,1-2H3. The molecule has 1 aromatic carbocycles. The molecule has 0 saturated heterocycles. The average Bonchev–Trinajstić information content (AvgIpc) is 2.25. The zero-order chi connectivity index (χ0) is 13.9. The molecule has 0 amide bonds. The number of rotatable bonds is 5. The van der Waals surface area contributed by atoms with Crippen molar-refractivity contribution < 1.29 is 12.6 Å². The molecular formula is C11H16BrNO3S2. The van der Waals surface area contributed by atoms with Gasteiger partial charge < -0.3 is 5.73 Å². The van der Waals surface area contributed by atoms with Crippen LogP contribution in [-0.2, 0) is 20.6 Å². The van der Waals surface area contributed by atoms with Gasteiger partial charge >= 0.3 is 0 Å². The molecule has 0 spiro atoms. The molecule has 0 bridgehead atoms. The highest BCUT2D eigenvalue weighted by atomic mass is 79.9. The minimum atomic E-state index is -3.16. The number of anilines is 1. The van der Waals surface area contributed by atoms with Crippen molar-refractivity contribution in [1.82, 2.24) is 0 Å². The van der Waals surface area contributed by atoms with Crippen LogP contribution in [-0.4, -0.2) is 29.4 Å². The van der Waals surface area contributed by atoms with Crippen LogP contribution in [0.3, 0.4) is 0 Å². The van der Waals surface area contributed by atoms with E-state index in [1.807, 2.05) is 0 Å². The largest absolute Gasteiger partial charge is 0.399 e. The van der Waals surface area contributed by atoms with E-state index >= 15 is 0 Å². The maximum absolute atomic E-state index is 12.0. The lowest BCUT2D eigenvalue weighted by molar-refractivity contribution is 0.588. The van der Waals surface area contributed by atoms with Crippen molar-refractivity contribution in [2.24, 2.45) is 0 Å². The van der Waals surface area contributed by atoms with Gasteiger partial charge in [0.2, 0.25) is 0 Å². The second-order valence-corrected chi connectivity index (χ2v) is 9.23. The monoisotopic (exact) mass is 353 g/mol. The Balaban J connectivity index is 2.78. The molecule has 1 unspecified atom stereocenters. The normalized spacial score (nSPS) is 13.8. The number of benzene rings is 1. The number of halogens is 1. The van der Waals surface area contributed by atoms with E-state index in [0.29, 0.717) is 15.1 Å². The van der Waals surface area contributed by atoms with Gasteiger partial charge in [0.1, 0.15) is 0 Å². The van der Waals surface area contributed by atoms with Gasteiger partial charge in [0, 0.05) is 15.9 Å². The Labute approximate surface area is 118 Å². The first-order chi connectivity index (χ1) is 8.24. The van der Waals surface area contributed by atoms with Crippen LogP contribution in [0.1, 0.15) is 13.8 Å². The van der Waals surface area contributed by atoms with E-state index in [4.69, 9.17) is 5.73 Å². The molecule has 1 atom stereocenters. The lowest BCUT2D eigenvalue weighted by atomic mass is 10.3. The molecule has 1 rings (SSSR count). The molecule has 1 aromatic rings. The van der Waals surface area contributed by atoms with Crippen molar-refractivity contribution in [3.05, 3.63) is 22.7 Å². The van der Waals surface area contributed by atoms with Crippen LogP contribution in [0.15, 0.2) is 27.6 Å². The summed E-state index contributed by atoms with van der Waals surface area (Å²) in [6, 6.07) is 4.95. The third-order valence-corrected chi connectivity index (χ3v) is 7.28. The van der Waals surface area contributed by atoms with Gasteiger partial charge in [-0.25, -0.2) is 8.42 Å². The Hall–Kier alpha value is -0.400. The maximum atomic E-state index is 12.0. The predicted molar refractivity (Wildman–Crippen MR) is 78.8 cm³/mol. The Morgan fingerprint density at radius 3 is 2.50 bits per heavy atom. The number of nitrogen functional groups attached to an aromatic ring is 1. The van der Waals surface area contributed by atoms with E-state index in [0.717, 1.165) is 0 Å². The van der Waals surface area contributed by atoms with Crippen LogP contribution in [0.25, 0.3) is 0 Å². The third-order valence-electron chi connectivity index (χ3n) is 2.47. The van der Waals surface area contributed by atoms with E-state index < -0.39 is 25.9 Å². The zero-order valence-corrected chi connectivity index (χ0v) is 13.4. The highest BCUT2D eigenvalue weighted by Gasteiger charge is 2.18. The molecule has 0 heterocycles. The fraction of sp³-hybridized carbons (Fsp3) is 0.455. The fourth-order valence-corrected chi connectivity index (χ4v) is 4.90. The van der Waals surface area contributed by atoms with Crippen LogP contribution >= 0.6 is 15.9 Å². The topological polar surface area (TPSA) is 77.2 Å². The highest BCUT2D eigenvalue weighted by Crippen LogP contribution is 2.23. The van der Waals surface area contributed by atoms with Crippen molar-refractivity contribution in [2.75, 3.05) is 17.2 Å². The summed E-state index contributed by atoms with van der Waals surface area (Å²) in [7, 11) is -4.50. The summed E-state index contributed by atoms with van der Waals surface area (Å²) in [5, 5.41) is -0.440. The second-order valence-electron chi connectivity index (χ2n) is 4.16. The fourth-order valence-electron chi connectivity index (χ4n) is 1.24. The van der Waals surface area contributed by atoms with Gasteiger partial charge in [0.05, 0.1) is 26.7 Å². The van der Waals surface area contributed by atoms with E-state index in [2.05, 4.69) is 15.9 Å². The summed E-state index contributed by atoms with van der Waals surface area (Å²) in [6.07, 6.45) is 0. The third kappa shape index (κ3) is 4.07. The minimum Gasteiger partial charge on any atom is -0.399 e. The van der Waals surface area contributed by atoms with E-state index in [9.17, 15) is 12.6 Å². The second kappa shape index (κ2) is 6.16. The van der Waals surface area contributed by atoms with Gasteiger partial charge in [-0.1, -0.05) is 0 Å². The van der Waals surface area contributed by atoms with Gasteiger partial charge in [0.25, 0.3) is 0 Å². The zero-order valence-electron chi connectivity index (χ0n) is 10.2. The number of sulfone groups is 1. The lowest BCUT2D eigenvalue weighted by Gasteiger charge is -2.08. The summed E-state index contributed by atoms with van der Waals surface area (Å²) < 4.78 is 35.9. The Morgan fingerprint density at radius 2 is 2.00 bits per heavy atom. The summed E-state index contributed by atoms with van der Waals surface area (Å²) in [5.41, 5.74) is 6.15. The minimum absolute atomic E-state index is 0.0753. The molecular weight excluding hydrogens is 338 g/mol. The van der Waals surface area contributed by atoms with Crippen LogP contribution in [0.2, 0.25) is 0 Å². The predicted octanol–water partition coefficient (Wildman–Crippen LogP) is 1.96. The Morgan fingerprint density at radius 1 is 1.39 bits per heavy atom. The van der Waals surface area contributed by atoms with Crippen LogP contribution in [0.5, 0.6) is 0 Å². The van der Waals surface area contributed by atoms with Crippen LogP contribution < -0.4 is 5.73 Å². The molecule has 102 valence electrons. The van der Waals surface area contributed by atoms with Crippen molar-refractivity contribution in [2.45, 2.75) is 24.0 Å². The van der Waals surface area contributed by atoms with Gasteiger partial charge in [-0.3, -0.25) is 4.21 Å². The molecule has 0 aliphatic heterocycles. The SMILES string of the molecule is CC(C)S(=O)(=O)CCS(=O)c1ccc(N)cc1Br. The van der Waals surface area contributed by atoms with Gasteiger partial charge in [-0.2, -0.15) is 0 Å². The molecule has 18 heavy (non-hydrogen) atoms. The average molecular weight is 354 g/mol. The Kier molecular flexibility index (Phi) is 5.36. The maximum Gasteiger partial charge on any atom is 0.153 e. The first-order valence-electron chi connectivity index (χ1n) is 5.39. The summed E-state index contributed by atoms with van der Waals surface area (Å²) in [5.74, 6) is 0.0249. The van der Waals surface area contributed by atoms with Gasteiger partial charge in [-0.15, -0.1) is 0 Å². The van der Waals surface area contributed by atoms with Crippen LogP contribution in [0.4, 0.5) is 5.69 Å². The van der Waals surface area contributed by atoms with E-state index in [1.165, 1.54) is 0 Å². The summed E-state index contributed by atoms with van der Waals surface area (Å²) in [6.45, 7) is 3.24. The van der Waals surface area contributed by atoms with E-state index in [-0.39, 0.29) is 11.5 Å². The van der Waals surface area contributed by atoms with Crippen molar-refractivity contribution in [3.8, 4) is 0 Å². The Bertz CT molecular complexity index is 555. The molecule has 0 aromatic heterocycles. The molecule has 0 radical (unpaired) electrons. The summed E-state index contributed by atoms with van der Waals surface area (Å²) in [4.78, 5) is 0.572. The van der Waals surface area contributed by atoms with Crippen molar-refractivity contribution >= 4 is 42.3 Å². The van der Waals surface area contributed by atoms with Gasteiger partial charge in [0.15, 0.2) is 9.84 Å². The number of hydrogen-bond acceptors (Lipinski definition) is 4. The molecule has 4 nitrogen and oxygen atoms in total. The van der Waals surface area contributed by atoms with Gasteiger partial charge in [-0.05, 0) is 48.0 Å². The highest BCUT2D eigenvalue weighted by molar-refractivity contribution is 9.10. The first-order valence-corrected chi connectivity index (χ1v) is 9.21. The number of nitrogens with two attached hydrogens (primary N) is 1. The van der Waals surface area contributed by atoms with Crippen molar-refractivity contribution in [3.63, 3.8) is 0 Å². The lowest BCUT2D eigenvalue weighted by Crippen LogP contribution is -2.21. The molecule has 7 heteroatoms. The molecule has 2 N–H and O–H groups in total. The van der Waals surface area contributed by atoms with Crippen molar-refractivity contribution in [1.29, 1.82) is 0 Å². The van der Waals surface area contributed by atoms with E-state index in [1.54, 1.807) is 32.0 Å². The molecule has 0 fully saturated rings. The molecule has 0 saturated carbocycles. The quantitative estimate of drug-likeness (QED) is 0.820. The smallest absolute Gasteiger partial charge is 0.153 e. The number of hydrogen-bond donors (Lipinski definition) is 1.